The predicted octanol–water partition coefficient (Wildman–Crippen LogP) is 12.8. The van der Waals surface area contributed by atoms with Crippen molar-refractivity contribution in [2.45, 2.75) is 200 Å². The molecule has 0 spiro atoms. The minimum Gasteiger partial charge on any atom is -0.756 e. The maximum atomic E-state index is 12.7. The second kappa shape index (κ2) is 40.4. The number of carbonyl (C=O) groups is 2. The molecule has 0 aromatic carbocycles. The molecule has 0 heterocycles. The molecule has 0 N–H and O–H groups in total. The van der Waals surface area contributed by atoms with Gasteiger partial charge in [0, 0.05) is 12.8 Å². The number of unbranched alkanes of at least 4 members (excludes halogenated alkanes) is 20. The molecule has 0 aromatic heterocycles. The molecule has 0 fully saturated rings. The van der Waals surface area contributed by atoms with Crippen molar-refractivity contribution in [3.8, 4) is 0 Å². The van der Waals surface area contributed by atoms with Crippen LogP contribution in [0.25, 0.3) is 0 Å². The third-order valence-electron chi connectivity index (χ3n) is 9.87. The zero-order chi connectivity index (χ0) is 42.8. The van der Waals surface area contributed by atoms with Gasteiger partial charge >= 0.3 is 11.9 Å². The van der Waals surface area contributed by atoms with Crippen LogP contribution < -0.4 is 4.89 Å². The Labute approximate surface area is 356 Å². The Morgan fingerprint density at radius 1 is 0.534 bits per heavy atom. The standard InChI is InChI=1S/C48H88NO8P/c1-6-8-10-12-14-16-18-20-22-24-26-28-30-32-34-36-38-40-47(50)54-44-46(45-56-58(52,53)55-43-42-49(3,4)5)57-48(51)41-39-37-35-33-31-29-27-25-23-21-19-17-15-13-11-9-7-2/h17,19,23,25,29,31,35,37,46H,6-16,18,20-22,24,26-28,30,32-34,36,38-45H2,1-5H3/b19-17-,25-23-,31-29-,37-35-. The van der Waals surface area contributed by atoms with E-state index >= 15 is 0 Å². The van der Waals surface area contributed by atoms with Gasteiger partial charge in [-0.05, 0) is 44.9 Å². The molecule has 9 nitrogen and oxygen atoms in total. The van der Waals surface area contributed by atoms with Gasteiger partial charge in [0.15, 0.2) is 6.10 Å². The normalized spacial score (nSPS) is 14.0. The molecule has 0 aliphatic heterocycles. The van der Waals surface area contributed by atoms with E-state index in [0.717, 1.165) is 38.5 Å². The van der Waals surface area contributed by atoms with Crippen LogP contribution in [0.4, 0.5) is 0 Å². The zero-order valence-electron chi connectivity index (χ0n) is 38.0. The van der Waals surface area contributed by atoms with Crippen LogP contribution >= 0.6 is 7.82 Å². The molecule has 0 aromatic rings. The van der Waals surface area contributed by atoms with E-state index in [1.807, 2.05) is 33.3 Å². The largest absolute Gasteiger partial charge is 0.756 e. The summed E-state index contributed by atoms with van der Waals surface area (Å²) in [6.45, 7) is 4.14. The number of hydrogen-bond donors (Lipinski definition) is 0. The van der Waals surface area contributed by atoms with E-state index in [1.165, 1.54) is 122 Å². The molecule has 58 heavy (non-hydrogen) atoms. The number of esters is 2. The molecule has 0 radical (unpaired) electrons. The summed E-state index contributed by atoms with van der Waals surface area (Å²) in [5.74, 6) is -0.923. The van der Waals surface area contributed by atoms with Gasteiger partial charge in [-0.1, -0.05) is 184 Å². The smallest absolute Gasteiger partial charge is 0.306 e. The summed E-state index contributed by atoms with van der Waals surface area (Å²) in [5, 5.41) is 0. The molecule has 2 unspecified atom stereocenters. The number of nitrogens with zero attached hydrogens (tertiary/aromatic N) is 1. The van der Waals surface area contributed by atoms with E-state index in [2.05, 4.69) is 50.3 Å². The average Bonchev–Trinajstić information content (AvgIpc) is 3.17. The highest BCUT2D eigenvalue weighted by atomic mass is 31.2. The highest BCUT2D eigenvalue weighted by Crippen LogP contribution is 2.38. The molecule has 0 aliphatic rings. The molecule has 0 saturated heterocycles. The van der Waals surface area contributed by atoms with E-state index in [9.17, 15) is 19.0 Å². The first kappa shape index (κ1) is 56.0. The van der Waals surface area contributed by atoms with E-state index in [0.29, 0.717) is 17.4 Å². The molecule has 0 bridgehead atoms. The van der Waals surface area contributed by atoms with E-state index in [1.54, 1.807) is 0 Å². The number of carbonyl (C=O) groups excluding carboxylic acids is 2. The lowest BCUT2D eigenvalue weighted by Gasteiger charge is -2.28. The molecule has 0 rings (SSSR count). The first-order valence-electron chi connectivity index (χ1n) is 23.3. The molecular weight excluding hydrogens is 750 g/mol. The maximum Gasteiger partial charge on any atom is 0.306 e. The van der Waals surface area contributed by atoms with Crippen LogP contribution in [0.2, 0.25) is 0 Å². The summed E-state index contributed by atoms with van der Waals surface area (Å²) in [7, 11) is 1.12. The molecular formula is C48H88NO8P. The number of quaternary nitrogens is 1. The molecule has 0 amide bonds. The SMILES string of the molecule is CCCCCC/C=C\C/C=C\C/C=C\C/C=C\CCC(=O)OC(COC(=O)CCCCCCCCCCCCCCCCCCC)COP(=O)([O-])OCC[N+](C)(C)C. The fourth-order valence-electron chi connectivity index (χ4n) is 6.19. The third kappa shape index (κ3) is 43.5. The van der Waals surface area contributed by atoms with Crippen LogP contribution in [0.15, 0.2) is 48.6 Å². The number of likely N-dealkylation sites (N-methyl/N-ethyl adjacent to an activating group) is 1. The van der Waals surface area contributed by atoms with Gasteiger partial charge in [-0.15, -0.1) is 0 Å². The summed E-state index contributed by atoms with van der Waals surface area (Å²) in [6.07, 6.45) is 47.2. The topological polar surface area (TPSA) is 111 Å². The van der Waals surface area contributed by atoms with Crippen LogP contribution in [-0.4, -0.2) is 70.0 Å². The highest BCUT2D eigenvalue weighted by Gasteiger charge is 2.21. The molecule has 0 saturated carbocycles. The van der Waals surface area contributed by atoms with Gasteiger partial charge < -0.3 is 27.9 Å². The summed E-state index contributed by atoms with van der Waals surface area (Å²) >= 11 is 0. The third-order valence-corrected chi connectivity index (χ3v) is 10.8. The monoisotopic (exact) mass is 838 g/mol. The second-order valence-electron chi connectivity index (χ2n) is 16.8. The van der Waals surface area contributed by atoms with Crippen molar-refractivity contribution >= 4 is 19.8 Å². The van der Waals surface area contributed by atoms with Crippen LogP contribution in [0.5, 0.6) is 0 Å². The summed E-state index contributed by atoms with van der Waals surface area (Å²) < 4.78 is 33.8. The summed E-state index contributed by atoms with van der Waals surface area (Å²) in [6, 6.07) is 0. The van der Waals surface area contributed by atoms with Gasteiger partial charge in [-0.25, -0.2) is 0 Å². The Balaban J connectivity index is 4.42. The predicted molar refractivity (Wildman–Crippen MR) is 240 cm³/mol. The maximum absolute atomic E-state index is 12.7. The van der Waals surface area contributed by atoms with Crippen LogP contribution in [-0.2, 0) is 32.7 Å². The number of phosphoric acid groups is 1. The van der Waals surface area contributed by atoms with E-state index < -0.39 is 32.5 Å². The number of hydrogen-bond acceptors (Lipinski definition) is 8. The Kier molecular flexibility index (Phi) is 39.0. The van der Waals surface area contributed by atoms with Crippen molar-refractivity contribution in [3.63, 3.8) is 0 Å². The van der Waals surface area contributed by atoms with Crippen molar-refractivity contribution in [1.29, 1.82) is 0 Å². The number of allylic oxidation sites excluding steroid dienone is 8. The number of phosphoric ester groups is 1. The highest BCUT2D eigenvalue weighted by molar-refractivity contribution is 7.45. The van der Waals surface area contributed by atoms with Crippen molar-refractivity contribution < 1.29 is 42.1 Å². The fraction of sp³-hybridized carbons (Fsp3) is 0.792. The Morgan fingerprint density at radius 2 is 0.966 bits per heavy atom. The minimum absolute atomic E-state index is 0.0434. The number of rotatable bonds is 42. The average molecular weight is 838 g/mol. The lowest BCUT2D eigenvalue weighted by molar-refractivity contribution is -0.870. The minimum atomic E-state index is -4.64. The van der Waals surface area contributed by atoms with Crippen LogP contribution in [0.1, 0.15) is 194 Å². The first-order chi connectivity index (χ1) is 28.0. The van der Waals surface area contributed by atoms with Gasteiger partial charge in [0.25, 0.3) is 7.82 Å². The van der Waals surface area contributed by atoms with Crippen molar-refractivity contribution in [2.75, 3.05) is 47.5 Å². The van der Waals surface area contributed by atoms with Crippen LogP contribution in [0.3, 0.4) is 0 Å². The van der Waals surface area contributed by atoms with Crippen molar-refractivity contribution in [2.24, 2.45) is 0 Å². The van der Waals surface area contributed by atoms with Crippen molar-refractivity contribution in [1.82, 2.24) is 0 Å². The Hall–Kier alpha value is -2.03. The lowest BCUT2D eigenvalue weighted by atomic mass is 10.0. The summed E-state index contributed by atoms with van der Waals surface area (Å²) in [4.78, 5) is 37.5. The Bertz CT molecular complexity index is 1130. The lowest BCUT2D eigenvalue weighted by Crippen LogP contribution is -2.37. The van der Waals surface area contributed by atoms with E-state index in [4.69, 9.17) is 18.5 Å². The quantitative estimate of drug-likeness (QED) is 0.0196. The van der Waals surface area contributed by atoms with E-state index in [-0.39, 0.29) is 26.1 Å². The molecule has 2 atom stereocenters. The molecule has 10 heteroatoms. The van der Waals surface area contributed by atoms with Gasteiger partial charge in [-0.2, -0.15) is 0 Å². The van der Waals surface area contributed by atoms with Gasteiger partial charge in [-0.3, -0.25) is 14.2 Å². The number of ether oxygens (including phenoxy) is 2. The van der Waals surface area contributed by atoms with Gasteiger partial charge in [0.2, 0.25) is 0 Å². The zero-order valence-corrected chi connectivity index (χ0v) is 38.9. The second-order valence-corrected chi connectivity index (χ2v) is 18.2. The van der Waals surface area contributed by atoms with Gasteiger partial charge in [0.1, 0.15) is 19.8 Å². The fourth-order valence-corrected chi connectivity index (χ4v) is 6.92. The molecule has 338 valence electrons. The Morgan fingerprint density at radius 3 is 1.45 bits per heavy atom. The summed E-state index contributed by atoms with van der Waals surface area (Å²) in [5.41, 5.74) is 0. The first-order valence-corrected chi connectivity index (χ1v) is 24.8. The molecule has 0 aliphatic carbocycles. The van der Waals surface area contributed by atoms with Gasteiger partial charge in [0.05, 0.1) is 27.7 Å². The van der Waals surface area contributed by atoms with Crippen molar-refractivity contribution in [3.05, 3.63) is 48.6 Å². The van der Waals surface area contributed by atoms with Crippen LogP contribution in [0, 0.1) is 0 Å².